The van der Waals surface area contributed by atoms with Crippen LogP contribution in [-0.2, 0) is 0 Å². The summed E-state index contributed by atoms with van der Waals surface area (Å²) >= 11 is 13.0. The second-order valence-corrected chi connectivity index (χ2v) is 6.27. The number of rotatable bonds is 4. The highest BCUT2D eigenvalue weighted by molar-refractivity contribution is 8.00. The number of halogens is 4. The van der Waals surface area contributed by atoms with Crippen molar-refractivity contribution in [2.45, 2.75) is 4.90 Å². The van der Waals surface area contributed by atoms with E-state index in [1.54, 1.807) is 18.2 Å². The first-order chi connectivity index (χ1) is 12.0. The van der Waals surface area contributed by atoms with Gasteiger partial charge in [0.25, 0.3) is 0 Å². The van der Waals surface area contributed by atoms with Crippen LogP contribution in [0.5, 0.6) is 0 Å². The van der Waals surface area contributed by atoms with Crippen LogP contribution in [0.15, 0.2) is 47.0 Å². The first kappa shape index (κ1) is 19.1. The molecule has 0 aliphatic carbocycles. The van der Waals surface area contributed by atoms with Gasteiger partial charge in [-0.3, -0.25) is 0 Å². The quantitative estimate of drug-likeness (QED) is 0.375. The minimum absolute atomic E-state index is 0.0277. The predicted octanol–water partition coefficient (Wildman–Crippen LogP) is 5.23. The molecular formula is C17H11Cl2F2N3S. The molecule has 0 heterocycles. The van der Waals surface area contributed by atoms with Gasteiger partial charge in [0.15, 0.2) is 5.82 Å². The van der Waals surface area contributed by atoms with Crippen molar-refractivity contribution in [1.29, 1.82) is 5.41 Å². The van der Waals surface area contributed by atoms with E-state index in [2.05, 4.69) is 16.6 Å². The zero-order valence-electron chi connectivity index (χ0n) is 12.5. The zero-order valence-corrected chi connectivity index (χ0v) is 14.9. The Morgan fingerprint density at radius 2 is 2.00 bits per heavy atom. The molecule has 2 rings (SSSR count). The molecule has 0 unspecified atom stereocenters. The summed E-state index contributed by atoms with van der Waals surface area (Å²) in [4.78, 5) is 0.586. The summed E-state index contributed by atoms with van der Waals surface area (Å²) in [5, 5.41) is 7.99. The van der Waals surface area contributed by atoms with E-state index in [0.29, 0.717) is 14.9 Å². The number of benzene rings is 2. The third kappa shape index (κ3) is 4.89. The maximum atomic E-state index is 14.5. The van der Waals surface area contributed by atoms with Crippen molar-refractivity contribution in [1.82, 2.24) is 0 Å². The van der Waals surface area contributed by atoms with Gasteiger partial charge in [-0.1, -0.05) is 35.0 Å². The van der Waals surface area contributed by atoms with Gasteiger partial charge in [0.2, 0.25) is 0 Å². The summed E-state index contributed by atoms with van der Waals surface area (Å²) in [7, 11) is 0. The van der Waals surface area contributed by atoms with E-state index in [-0.39, 0.29) is 11.3 Å². The zero-order chi connectivity index (χ0) is 18.4. The molecule has 128 valence electrons. The van der Waals surface area contributed by atoms with Crippen LogP contribution in [0.3, 0.4) is 0 Å². The van der Waals surface area contributed by atoms with E-state index >= 15 is 0 Å². The smallest absolute Gasteiger partial charge is 0.165 e. The van der Waals surface area contributed by atoms with Crippen LogP contribution in [0, 0.1) is 28.9 Å². The highest BCUT2D eigenvalue weighted by Crippen LogP contribution is 2.32. The van der Waals surface area contributed by atoms with Crippen LogP contribution in [0.4, 0.5) is 14.5 Å². The van der Waals surface area contributed by atoms with Gasteiger partial charge in [-0.15, -0.1) is 0 Å². The largest absolute Gasteiger partial charge is 0.404 e. The molecule has 0 aromatic heterocycles. The summed E-state index contributed by atoms with van der Waals surface area (Å²) in [5.74, 6) is 3.09. The molecule has 0 aliphatic rings. The van der Waals surface area contributed by atoms with Crippen molar-refractivity contribution >= 4 is 47.1 Å². The molecule has 0 saturated heterocycles. The van der Waals surface area contributed by atoms with Gasteiger partial charge < -0.3 is 15.9 Å². The maximum Gasteiger partial charge on any atom is 0.165 e. The van der Waals surface area contributed by atoms with Crippen molar-refractivity contribution < 1.29 is 8.78 Å². The number of nitrogens with two attached hydrogens (primary N) is 1. The van der Waals surface area contributed by atoms with E-state index in [1.165, 1.54) is 6.07 Å². The SMILES string of the molecule is N=C/C(C#Cc1c(F)ccc(NSc2cc(Cl)ccc2Cl)c1F)=C\N. The average Bonchev–Trinajstić information content (AvgIpc) is 2.60. The highest BCUT2D eigenvalue weighted by atomic mass is 35.5. The van der Waals surface area contributed by atoms with Crippen molar-refractivity contribution in [3.05, 3.63) is 69.3 Å². The van der Waals surface area contributed by atoms with E-state index in [9.17, 15) is 8.78 Å². The first-order valence-corrected chi connectivity index (χ1v) is 8.33. The third-order valence-corrected chi connectivity index (χ3v) is 4.48. The molecule has 4 N–H and O–H groups in total. The molecular weight excluding hydrogens is 387 g/mol. The summed E-state index contributed by atoms with van der Waals surface area (Å²) in [5.41, 5.74) is 4.99. The van der Waals surface area contributed by atoms with Crippen molar-refractivity contribution in [2.24, 2.45) is 5.73 Å². The molecule has 0 aliphatic heterocycles. The van der Waals surface area contributed by atoms with Crippen molar-refractivity contribution in [3.63, 3.8) is 0 Å². The van der Waals surface area contributed by atoms with Gasteiger partial charge in [0.05, 0.1) is 21.8 Å². The monoisotopic (exact) mass is 397 g/mol. The first-order valence-electron chi connectivity index (χ1n) is 6.76. The Balaban J connectivity index is 2.29. The predicted molar refractivity (Wildman–Crippen MR) is 100 cm³/mol. The topological polar surface area (TPSA) is 61.9 Å². The molecule has 2 aromatic rings. The molecule has 0 amide bonds. The standard InChI is InChI=1S/C17H11Cl2F2N3S/c18-11-2-4-13(19)16(7-11)25-24-15-6-5-14(20)12(17(15)21)3-1-10(8-22)9-23/h2,4-9,22,24H,23H2/b10-9-,22-8?. The molecule has 3 nitrogen and oxygen atoms in total. The fraction of sp³-hybridized carbons (Fsp3) is 0. The molecule has 0 fully saturated rings. The third-order valence-electron chi connectivity index (χ3n) is 2.92. The Hall–Kier alpha value is -2.20. The van der Waals surface area contributed by atoms with Crippen molar-refractivity contribution in [2.75, 3.05) is 4.72 Å². The fourth-order valence-electron chi connectivity index (χ4n) is 1.67. The van der Waals surface area contributed by atoms with Crippen LogP contribution in [0.1, 0.15) is 5.56 Å². The Bertz CT molecular complexity index is 905. The lowest BCUT2D eigenvalue weighted by Gasteiger charge is -2.09. The number of hydrogen-bond donors (Lipinski definition) is 3. The van der Waals surface area contributed by atoms with E-state index in [0.717, 1.165) is 30.4 Å². The molecule has 2 aromatic carbocycles. The Morgan fingerprint density at radius 1 is 1.24 bits per heavy atom. The minimum atomic E-state index is -0.862. The summed E-state index contributed by atoms with van der Waals surface area (Å²) in [6, 6.07) is 7.20. The maximum absolute atomic E-state index is 14.5. The number of hydrogen-bond acceptors (Lipinski definition) is 4. The molecule has 25 heavy (non-hydrogen) atoms. The summed E-state index contributed by atoms with van der Waals surface area (Å²) < 4.78 is 31.1. The van der Waals surface area contributed by atoms with Gasteiger partial charge in [0, 0.05) is 22.3 Å². The van der Waals surface area contributed by atoms with Crippen LogP contribution in [-0.4, -0.2) is 6.21 Å². The highest BCUT2D eigenvalue weighted by Gasteiger charge is 2.13. The number of anilines is 1. The van der Waals surface area contributed by atoms with Crippen LogP contribution >= 0.6 is 35.1 Å². The Morgan fingerprint density at radius 3 is 2.68 bits per heavy atom. The molecule has 0 radical (unpaired) electrons. The average molecular weight is 398 g/mol. The molecule has 0 atom stereocenters. The van der Waals surface area contributed by atoms with E-state index in [4.69, 9.17) is 34.3 Å². The molecule has 0 bridgehead atoms. The molecule has 8 heteroatoms. The van der Waals surface area contributed by atoms with E-state index in [1.807, 2.05) is 0 Å². The lowest BCUT2D eigenvalue weighted by atomic mass is 10.1. The van der Waals surface area contributed by atoms with Crippen LogP contribution in [0.25, 0.3) is 0 Å². The van der Waals surface area contributed by atoms with E-state index < -0.39 is 17.2 Å². The summed E-state index contributed by atoms with van der Waals surface area (Å²) in [6.45, 7) is 0. The fourth-order valence-corrected chi connectivity index (χ4v) is 2.87. The van der Waals surface area contributed by atoms with Gasteiger partial charge in [-0.05, 0) is 42.3 Å². The lowest BCUT2D eigenvalue weighted by Crippen LogP contribution is -1.98. The number of allylic oxidation sites excluding steroid dienone is 1. The Kier molecular flexibility index (Phi) is 6.71. The van der Waals surface area contributed by atoms with Crippen LogP contribution < -0.4 is 10.5 Å². The Labute approximate surface area is 157 Å². The van der Waals surface area contributed by atoms with Gasteiger partial charge in [-0.2, -0.15) is 0 Å². The second kappa shape index (κ2) is 8.77. The normalized spacial score (nSPS) is 10.8. The van der Waals surface area contributed by atoms with Gasteiger partial charge in [0.1, 0.15) is 5.82 Å². The minimum Gasteiger partial charge on any atom is -0.404 e. The molecule has 0 saturated carbocycles. The van der Waals surface area contributed by atoms with Crippen molar-refractivity contribution in [3.8, 4) is 11.8 Å². The second-order valence-electron chi connectivity index (χ2n) is 4.58. The molecule has 0 spiro atoms. The summed E-state index contributed by atoms with van der Waals surface area (Å²) in [6.07, 6.45) is 1.97. The number of nitrogens with one attached hydrogen (secondary N) is 2. The van der Waals surface area contributed by atoms with Gasteiger partial charge >= 0.3 is 0 Å². The van der Waals surface area contributed by atoms with Crippen LogP contribution in [0.2, 0.25) is 10.0 Å². The lowest BCUT2D eigenvalue weighted by molar-refractivity contribution is 0.580. The van der Waals surface area contributed by atoms with Gasteiger partial charge in [-0.25, -0.2) is 8.78 Å².